The molecule has 0 bridgehead atoms. The number of fused-ring (bicyclic) bond motifs is 1. The van der Waals surface area contributed by atoms with Gasteiger partial charge in [0, 0.05) is 30.4 Å². The summed E-state index contributed by atoms with van der Waals surface area (Å²) < 4.78 is 0. The van der Waals surface area contributed by atoms with Crippen LogP contribution in [0.5, 0.6) is 0 Å². The quantitative estimate of drug-likeness (QED) is 0.522. The Balaban J connectivity index is 2.45. The fraction of sp³-hybridized carbons (Fsp3) is 0.333. The molecular formula is C9H11N3O2. The van der Waals surface area contributed by atoms with Gasteiger partial charge >= 0.3 is 0 Å². The molecule has 1 aromatic carbocycles. The number of nitrogens with one attached hydrogen (secondary N) is 1. The number of anilines is 1. The van der Waals surface area contributed by atoms with E-state index in [0.29, 0.717) is 0 Å². The SMILES string of the molecule is NC1CCNc2ccc([N+](=O)[O-])cc21. The molecule has 5 nitrogen and oxygen atoms in total. The summed E-state index contributed by atoms with van der Waals surface area (Å²) in [6.07, 6.45) is 0.814. The molecule has 1 atom stereocenters. The average molecular weight is 193 g/mol. The maximum atomic E-state index is 10.5. The second-order valence-electron chi connectivity index (χ2n) is 3.35. The Morgan fingerprint density at radius 1 is 1.57 bits per heavy atom. The molecule has 0 saturated heterocycles. The molecule has 5 heteroatoms. The van der Waals surface area contributed by atoms with Gasteiger partial charge in [0.05, 0.1) is 4.92 Å². The van der Waals surface area contributed by atoms with Gasteiger partial charge < -0.3 is 11.1 Å². The average Bonchev–Trinajstić information content (AvgIpc) is 2.18. The van der Waals surface area contributed by atoms with Gasteiger partial charge in [-0.25, -0.2) is 0 Å². The summed E-state index contributed by atoms with van der Waals surface area (Å²) in [4.78, 5) is 10.1. The maximum absolute atomic E-state index is 10.5. The molecule has 14 heavy (non-hydrogen) atoms. The minimum atomic E-state index is -0.401. The summed E-state index contributed by atoms with van der Waals surface area (Å²) in [6, 6.07) is 4.66. The van der Waals surface area contributed by atoms with Crippen LogP contribution >= 0.6 is 0 Å². The Labute approximate surface area is 81.1 Å². The third-order valence-corrected chi connectivity index (χ3v) is 2.42. The van der Waals surface area contributed by atoms with Gasteiger partial charge in [-0.1, -0.05) is 0 Å². The van der Waals surface area contributed by atoms with Crippen molar-refractivity contribution in [1.82, 2.24) is 0 Å². The zero-order chi connectivity index (χ0) is 10.1. The van der Waals surface area contributed by atoms with E-state index in [1.165, 1.54) is 6.07 Å². The number of nitro benzene ring substituents is 1. The van der Waals surface area contributed by atoms with Crippen molar-refractivity contribution in [1.29, 1.82) is 0 Å². The molecule has 0 aromatic heterocycles. The smallest absolute Gasteiger partial charge is 0.269 e. The molecular weight excluding hydrogens is 182 g/mol. The van der Waals surface area contributed by atoms with E-state index in [4.69, 9.17) is 5.73 Å². The van der Waals surface area contributed by atoms with Crippen LogP contribution in [0.25, 0.3) is 0 Å². The van der Waals surface area contributed by atoms with Crippen LogP contribution in [0.1, 0.15) is 18.0 Å². The van der Waals surface area contributed by atoms with Crippen molar-refractivity contribution in [3.8, 4) is 0 Å². The van der Waals surface area contributed by atoms with E-state index in [1.807, 2.05) is 0 Å². The largest absolute Gasteiger partial charge is 0.385 e. The second-order valence-corrected chi connectivity index (χ2v) is 3.35. The van der Waals surface area contributed by atoms with Crippen LogP contribution in [0.3, 0.4) is 0 Å². The lowest BCUT2D eigenvalue weighted by Crippen LogP contribution is -2.22. The molecule has 1 aliphatic rings. The first-order valence-corrected chi connectivity index (χ1v) is 4.46. The van der Waals surface area contributed by atoms with Gasteiger partial charge in [0.15, 0.2) is 0 Å². The van der Waals surface area contributed by atoms with Crippen molar-refractivity contribution in [3.63, 3.8) is 0 Å². The number of non-ortho nitro benzene ring substituents is 1. The summed E-state index contributed by atoms with van der Waals surface area (Å²) >= 11 is 0. The van der Waals surface area contributed by atoms with Gasteiger partial charge in [-0.3, -0.25) is 10.1 Å². The van der Waals surface area contributed by atoms with Gasteiger partial charge in [0.2, 0.25) is 0 Å². The number of nitrogens with zero attached hydrogens (tertiary/aromatic N) is 1. The molecule has 0 radical (unpaired) electrons. The molecule has 1 heterocycles. The van der Waals surface area contributed by atoms with Crippen LogP contribution in [0.2, 0.25) is 0 Å². The second kappa shape index (κ2) is 3.26. The maximum Gasteiger partial charge on any atom is 0.269 e. The zero-order valence-electron chi connectivity index (χ0n) is 7.56. The van der Waals surface area contributed by atoms with Crippen molar-refractivity contribution < 1.29 is 4.92 Å². The fourth-order valence-corrected chi connectivity index (χ4v) is 1.65. The van der Waals surface area contributed by atoms with Gasteiger partial charge in [0.1, 0.15) is 0 Å². The third-order valence-electron chi connectivity index (χ3n) is 2.42. The Bertz CT molecular complexity index is 378. The highest BCUT2D eigenvalue weighted by molar-refractivity contribution is 5.58. The fourth-order valence-electron chi connectivity index (χ4n) is 1.65. The molecule has 1 aromatic rings. The summed E-state index contributed by atoms with van der Waals surface area (Å²) in [5.74, 6) is 0. The minimum absolute atomic E-state index is 0.0915. The van der Waals surface area contributed by atoms with Gasteiger partial charge in [0.25, 0.3) is 5.69 Å². The Kier molecular flexibility index (Phi) is 2.09. The van der Waals surface area contributed by atoms with Crippen molar-refractivity contribution in [2.45, 2.75) is 12.5 Å². The van der Waals surface area contributed by atoms with E-state index >= 15 is 0 Å². The monoisotopic (exact) mass is 193 g/mol. The number of hydrogen-bond donors (Lipinski definition) is 2. The number of rotatable bonds is 1. The van der Waals surface area contributed by atoms with E-state index in [9.17, 15) is 10.1 Å². The highest BCUT2D eigenvalue weighted by atomic mass is 16.6. The molecule has 3 N–H and O–H groups in total. The van der Waals surface area contributed by atoms with Gasteiger partial charge in [-0.2, -0.15) is 0 Å². The Hall–Kier alpha value is -1.62. The van der Waals surface area contributed by atoms with Crippen molar-refractivity contribution in [2.75, 3.05) is 11.9 Å². The minimum Gasteiger partial charge on any atom is -0.385 e. The predicted octanol–water partition coefficient (Wildman–Crippen LogP) is 1.41. The highest BCUT2D eigenvalue weighted by Gasteiger charge is 2.19. The predicted molar refractivity (Wildman–Crippen MR) is 53.1 cm³/mol. The Morgan fingerprint density at radius 2 is 2.36 bits per heavy atom. The lowest BCUT2D eigenvalue weighted by molar-refractivity contribution is -0.384. The zero-order valence-corrected chi connectivity index (χ0v) is 7.56. The molecule has 1 unspecified atom stereocenters. The van der Waals surface area contributed by atoms with Crippen LogP contribution in [-0.4, -0.2) is 11.5 Å². The van der Waals surface area contributed by atoms with E-state index in [0.717, 1.165) is 24.2 Å². The normalized spacial score (nSPS) is 19.6. The molecule has 0 saturated carbocycles. The summed E-state index contributed by atoms with van der Waals surface area (Å²) in [5, 5.41) is 13.7. The molecule has 1 aliphatic heterocycles. The summed E-state index contributed by atoms with van der Waals surface area (Å²) in [5.41, 5.74) is 7.70. The Morgan fingerprint density at radius 3 is 3.07 bits per heavy atom. The highest BCUT2D eigenvalue weighted by Crippen LogP contribution is 2.30. The number of nitro groups is 1. The lowest BCUT2D eigenvalue weighted by atomic mass is 9.98. The van der Waals surface area contributed by atoms with Gasteiger partial charge in [-0.15, -0.1) is 0 Å². The lowest BCUT2D eigenvalue weighted by Gasteiger charge is -2.23. The number of benzene rings is 1. The molecule has 0 fully saturated rings. The molecule has 0 spiro atoms. The van der Waals surface area contributed by atoms with Gasteiger partial charge in [-0.05, 0) is 18.1 Å². The van der Waals surface area contributed by atoms with E-state index in [-0.39, 0.29) is 11.7 Å². The van der Waals surface area contributed by atoms with Crippen LogP contribution < -0.4 is 11.1 Å². The topological polar surface area (TPSA) is 81.2 Å². The first kappa shape index (κ1) is 8.96. The van der Waals surface area contributed by atoms with Crippen molar-refractivity contribution in [2.24, 2.45) is 5.73 Å². The third kappa shape index (κ3) is 1.42. The molecule has 0 amide bonds. The van der Waals surface area contributed by atoms with E-state index < -0.39 is 4.92 Å². The summed E-state index contributed by atoms with van der Waals surface area (Å²) in [6.45, 7) is 0.825. The molecule has 74 valence electrons. The number of hydrogen-bond acceptors (Lipinski definition) is 4. The van der Waals surface area contributed by atoms with Crippen molar-refractivity contribution in [3.05, 3.63) is 33.9 Å². The summed E-state index contributed by atoms with van der Waals surface area (Å²) in [7, 11) is 0. The van der Waals surface area contributed by atoms with Crippen LogP contribution in [0.15, 0.2) is 18.2 Å². The van der Waals surface area contributed by atoms with Crippen LogP contribution in [0.4, 0.5) is 11.4 Å². The van der Waals surface area contributed by atoms with Crippen LogP contribution in [0, 0.1) is 10.1 Å². The van der Waals surface area contributed by atoms with E-state index in [1.54, 1.807) is 12.1 Å². The standard InChI is InChI=1S/C9H11N3O2/c10-8-3-4-11-9-2-1-6(12(13)14)5-7(8)9/h1-2,5,8,11H,3-4,10H2. The first-order chi connectivity index (χ1) is 6.68. The van der Waals surface area contributed by atoms with Crippen LogP contribution in [-0.2, 0) is 0 Å². The molecule has 0 aliphatic carbocycles. The van der Waals surface area contributed by atoms with Crippen molar-refractivity contribution >= 4 is 11.4 Å². The molecule has 2 rings (SSSR count). The number of nitrogens with two attached hydrogens (primary N) is 1. The first-order valence-electron chi connectivity index (χ1n) is 4.46. The van der Waals surface area contributed by atoms with E-state index in [2.05, 4.69) is 5.32 Å².